The maximum Gasteiger partial charge on any atom is 0.0184 e. The molecule has 13 heavy (non-hydrogen) atoms. The molecule has 0 amide bonds. The molecule has 0 saturated carbocycles. The van der Waals surface area contributed by atoms with Crippen molar-refractivity contribution in [3.8, 4) is 0 Å². The Hall–Kier alpha value is 0.01000. The summed E-state index contributed by atoms with van der Waals surface area (Å²) in [5.41, 5.74) is 6.79. The molecule has 0 atom stereocenters. The molecule has 0 spiro atoms. The normalized spacial score (nSPS) is 10.3. The molecule has 0 saturated heterocycles. The van der Waals surface area contributed by atoms with Crippen LogP contribution in [0.4, 0.5) is 0 Å². The summed E-state index contributed by atoms with van der Waals surface area (Å²) in [5.74, 6) is 2.25. The summed E-state index contributed by atoms with van der Waals surface area (Å²) >= 11 is 5.36. The first-order valence-corrected chi connectivity index (χ1v) is 6.30. The summed E-state index contributed by atoms with van der Waals surface area (Å²) in [4.78, 5) is 0. The minimum atomic E-state index is 0.799. The van der Waals surface area contributed by atoms with E-state index in [1.54, 1.807) is 0 Å². The van der Waals surface area contributed by atoms with Gasteiger partial charge in [-0.3, -0.25) is 0 Å². The van der Waals surface area contributed by atoms with Gasteiger partial charge in [0, 0.05) is 10.2 Å². The van der Waals surface area contributed by atoms with Crippen LogP contribution in [0.25, 0.3) is 0 Å². The number of thioether (sulfide) groups is 1. The molecule has 0 unspecified atom stereocenters. The topological polar surface area (TPSA) is 26.0 Å². The predicted molar refractivity (Wildman–Crippen MR) is 64.0 cm³/mol. The lowest BCUT2D eigenvalue weighted by Gasteiger charge is -2.00. The van der Waals surface area contributed by atoms with E-state index in [4.69, 9.17) is 5.73 Å². The fourth-order valence-corrected chi connectivity index (χ4v) is 2.16. The Morgan fingerprint density at radius 1 is 1.23 bits per heavy atom. The third kappa shape index (κ3) is 4.69. The Morgan fingerprint density at radius 3 is 2.54 bits per heavy atom. The van der Waals surface area contributed by atoms with Gasteiger partial charge in [-0.1, -0.05) is 28.1 Å². The smallest absolute Gasteiger partial charge is 0.0184 e. The SMILES string of the molecule is NCCCSCc1ccc(Br)cc1. The minimum Gasteiger partial charge on any atom is -0.330 e. The first-order valence-electron chi connectivity index (χ1n) is 4.35. The molecule has 0 fully saturated rings. The molecule has 0 bridgehead atoms. The van der Waals surface area contributed by atoms with Crippen molar-refractivity contribution in [1.82, 2.24) is 0 Å². The minimum absolute atomic E-state index is 0.799. The average Bonchev–Trinajstić information content (AvgIpc) is 2.15. The van der Waals surface area contributed by atoms with Gasteiger partial charge in [-0.25, -0.2) is 0 Å². The highest BCUT2D eigenvalue weighted by Gasteiger charge is 1.93. The summed E-state index contributed by atoms with van der Waals surface area (Å²) in [6.45, 7) is 0.799. The van der Waals surface area contributed by atoms with Gasteiger partial charge >= 0.3 is 0 Å². The number of rotatable bonds is 5. The number of nitrogens with two attached hydrogens (primary N) is 1. The van der Waals surface area contributed by atoms with Gasteiger partial charge < -0.3 is 5.73 Å². The van der Waals surface area contributed by atoms with E-state index in [2.05, 4.69) is 40.2 Å². The number of hydrogen-bond donors (Lipinski definition) is 1. The maximum absolute atomic E-state index is 5.41. The summed E-state index contributed by atoms with van der Waals surface area (Å²) in [6, 6.07) is 8.47. The van der Waals surface area contributed by atoms with Gasteiger partial charge in [0.2, 0.25) is 0 Å². The third-order valence-corrected chi connectivity index (χ3v) is 3.32. The lowest BCUT2D eigenvalue weighted by molar-refractivity contribution is 0.943. The Morgan fingerprint density at radius 2 is 1.92 bits per heavy atom. The van der Waals surface area contributed by atoms with E-state index < -0.39 is 0 Å². The second-order valence-corrected chi connectivity index (χ2v) is 4.84. The van der Waals surface area contributed by atoms with Crippen molar-refractivity contribution in [2.45, 2.75) is 12.2 Å². The summed E-state index contributed by atoms with van der Waals surface area (Å²) in [5, 5.41) is 0. The zero-order chi connectivity index (χ0) is 9.52. The largest absolute Gasteiger partial charge is 0.330 e. The fraction of sp³-hybridized carbons (Fsp3) is 0.400. The zero-order valence-electron chi connectivity index (χ0n) is 7.50. The van der Waals surface area contributed by atoms with Gasteiger partial charge in [0.05, 0.1) is 0 Å². The van der Waals surface area contributed by atoms with Crippen molar-refractivity contribution in [3.63, 3.8) is 0 Å². The maximum atomic E-state index is 5.41. The summed E-state index contributed by atoms with van der Waals surface area (Å²) < 4.78 is 1.14. The second kappa shape index (κ2) is 6.46. The molecule has 0 aromatic heterocycles. The van der Waals surface area contributed by atoms with Gasteiger partial charge in [-0.2, -0.15) is 11.8 Å². The standard InChI is InChI=1S/C10H14BrNS/c11-10-4-2-9(3-5-10)8-13-7-1-6-12/h2-5H,1,6-8,12H2. The van der Waals surface area contributed by atoms with E-state index in [1.165, 1.54) is 5.56 Å². The number of halogens is 1. The molecule has 0 aliphatic heterocycles. The van der Waals surface area contributed by atoms with Gasteiger partial charge in [-0.05, 0) is 36.4 Å². The van der Waals surface area contributed by atoms with Gasteiger partial charge in [-0.15, -0.1) is 0 Å². The molecular formula is C10H14BrNS. The van der Waals surface area contributed by atoms with Gasteiger partial charge in [0.15, 0.2) is 0 Å². The van der Waals surface area contributed by atoms with E-state index in [0.717, 1.165) is 28.9 Å². The molecule has 72 valence electrons. The van der Waals surface area contributed by atoms with E-state index >= 15 is 0 Å². The molecule has 3 heteroatoms. The first kappa shape index (κ1) is 11.1. The molecule has 1 aromatic rings. The highest BCUT2D eigenvalue weighted by molar-refractivity contribution is 9.10. The fourth-order valence-electron chi connectivity index (χ4n) is 0.956. The van der Waals surface area contributed by atoms with Crippen LogP contribution in [0.2, 0.25) is 0 Å². The van der Waals surface area contributed by atoms with Crippen molar-refractivity contribution in [2.75, 3.05) is 12.3 Å². The predicted octanol–water partition coefficient (Wildman–Crippen LogP) is 3.03. The van der Waals surface area contributed by atoms with Crippen LogP contribution in [0, 0.1) is 0 Å². The molecular weight excluding hydrogens is 246 g/mol. The molecule has 0 heterocycles. The highest BCUT2D eigenvalue weighted by atomic mass is 79.9. The first-order chi connectivity index (χ1) is 6.33. The van der Waals surface area contributed by atoms with E-state index in [9.17, 15) is 0 Å². The Kier molecular flexibility index (Phi) is 5.51. The van der Waals surface area contributed by atoms with E-state index in [1.807, 2.05) is 11.8 Å². The van der Waals surface area contributed by atoms with Crippen molar-refractivity contribution in [2.24, 2.45) is 5.73 Å². The van der Waals surface area contributed by atoms with Crippen LogP contribution in [0.5, 0.6) is 0 Å². The molecule has 2 N–H and O–H groups in total. The Balaban J connectivity index is 2.25. The molecule has 1 nitrogen and oxygen atoms in total. The highest BCUT2D eigenvalue weighted by Crippen LogP contribution is 2.15. The zero-order valence-corrected chi connectivity index (χ0v) is 9.90. The second-order valence-electron chi connectivity index (χ2n) is 2.82. The van der Waals surface area contributed by atoms with Crippen molar-refractivity contribution in [1.29, 1.82) is 0 Å². The molecule has 0 radical (unpaired) electrons. The van der Waals surface area contributed by atoms with Gasteiger partial charge in [0.1, 0.15) is 0 Å². The van der Waals surface area contributed by atoms with Crippen LogP contribution in [-0.4, -0.2) is 12.3 Å². The lowest BCUT2D eigenvalue weighted by atomic mass is 10.2. The van der Waals surface area contributed by atoms with Gasteiger partial charge in [0.25, 0.3) is 0 Å². The lowest BCUT2D eigenvalue weighted by Crippen LogP contribution is -1.99. The van der Waals surface area contributed by atoms with Crippen LogP contribution < -0.4 is 5.73 Å². The monoisotopic (exact) mass is 259 g/mol. The molecule has 1 rings (SSSR count). The van der Waals surface area contributed by atoms with Crippen LogP contribution in [0.1, 0.15) is 12.0 Å². The Labute approximate surface area is 92.2 Å². The van der Waals surface area contributed by atoms with Crippen LogP contribution in [-0.2, 0) is 5.75 Å². The summed E-state index contributed by atoms with van der Waals surface area (Å²) in [7, 11) is 0. The van der Waals surface area contributed by atoms with Crippen LogP contribution in [0.3, 0.4) is 0 Å². The van der Waals surface area contributed by atoms with Crippen molar-refractivity contribution in [3.05, 3.63) is 34.3 Å². The van der Waals surface area contributed by atoms with Crippen molar-refractivity contribution < 1.29 is 0 Å². The van der Waals surface area contributed by atoms with E-state index in [-0.39, 0.29) is 0 Å². The molecule has 0 aliphatic carbocycles. The van der Waals surface area contributed by atoms with Crippen molar-refractivity contribution >= 4 is 27.7 Å². The molecule has 1 aromatic carbocycles. The number of benzene rings is 1. The quantitative estimate of drug-likeness (QED) is 0.823. The van der Waals surface area contributed by atoms with Crippen LogP contribution >= 0.6 is 27.7 Å². The average molecular weight is 260 g/mol. The third-order valence-electron chi connectivity index (χ3n) is 1.67. The Bertz CT molecular complexity index is 235. The summed E-state index contributed by atoms with van der Waals surface area (Å²) in [6.07, 6.45) is 1.11. The van der Waals surface area contributed by atoms with Crippen LogP contribution in [0.15, 0.2) is 28.7 Å². The molecule has 0 aliphatic rings. The van der Waals surface area contributed by atoms with E-state index in [0.29, 0.717) is 0 Å². The number of hydrogen-bond acceptors (Lipinski definition) is 2.